The van der Waals surface area contributed by atoms with Gasteiger partial charge in [0.15, 0.2) is 0 Å². The van der Waals surface area contributed by atoms with Crippen LogP contribution in [0.2, 0.25) is 0 Å². The molecule has 0 unspecified atom stereocenters. The maximum absolute atomic E-state index is 11.9. The fourth-order valence-electron chi connectivity index (χ4n) is 1.09. The summed E-state index contributed by atoms with van der Waals surface area (Å²) in [5, 5.41) is 0. The predicted molar refractivity (Wildman–Crippen MR) is 45.6 cm³/mol. The van der Waals surface area contributed by atoms with E-state index in [0.29, 0.717) is 5.76 Å². The molecule has 0 aliphatic carbocycles. The minimum atomic E-state index is -2.38. The summed E-state index contributed by atoms with van der Waals surface area (Å²) in [7, 11) is 0. The molecule has 2 N–H and O–H groups in total. The zero-order valence-corrected chi connectivity index (χ0v) is 7.47. The summed E-state index contributed by atoms with van der Waals surface area (Å²) in [6.07, 6.45) is -1.98. The number of furan rings is 1. The lowest BCUT2D eigenvalue weighted by molar-refractivity contribution is 0.124. The number of hydrogen-bond donors (Lipinski definition) is 1. The van der Waals surface area contributed by atoms with Crippen molar-refractivity contribution in [1.82, 2.24) is 0 Å². The molecule has 1 heterocycles. The molecule has 0 bridgehead atoms. The summed E-state index contributed by atoms with van der Waals surface area (Å²) >= 11 is 0. The van der Waals surface area contributed by atoms with Gasteiger partial charge in [0, 0.05) is 12.8 Å². The number of aryl methyl sites for hydroxylation is 1. The highest BCUT2D eigenvalue weighted by molar-refractivity contribution is 5.10. The van der Waals surface area contributed by atoms with Gasteiger partial charge in [-0.15, -0.1) is 0 Å². The van der Waals surface area contributed by atoms with E-state index in [9.17, 15) is 8.78 Å². The second-order valence-corrected chi connectivity index (χ2v) is 2.89. The predicted octanol–water partition coefficient (Wildman–Crippen LogP) is 2.50. The highest BCUT2D eigenvalue weighted by Crippen LogP contribution is 2.20. The van der Waals surface area contributed by atoms with Gasteiger partial charge < -0.3 is 10.2 Å². The first-order chi connectivity index (χ1) is 6.13. The zero-order chi connectivity index (χ0) is 9.84. The molecule has 4 heteroatoms. The van der Waals surface area contributed by atoms with E-state index in [4.69, 9.17) is 10.2 Å². The molecule has 0 spiro atoms. The van der Waals surface area contributed by atoms with Crippen LogP contribution in [-0.4, -0.2) is 6.43 Å². The van der Waals surface area contributed by atoms with E-state index in [-0.39, 0.29) is 6.42 Å². The van der Waals surface area contributed by atoms with Gasteiger partial charge in [0.1, 0.15) is 11.5 Å². The number of alkyl halides is 2. The molecule has 1 aromatic heterocycles. The first-order valence-electron chi connectivity index (χ1n) is 4.25. The zero-order valence-electron chi connectivity index (χ0n) is 7.47. The van der Waals surface area contributed by atoms with Crippen LogP contribution in [0.3, 0.4) is 0 Å². The van der Waals surface area contributed by atoms with Crippen molar-refractivity contribution >= 4 is 0 Å². The van der Waals surface area contributed by atoms with Crippen molar-refractivity contribution in [3.8, 4) is 0 Å². The van der Waals surface area contributed by atoms with Gasteiger partial charge in [-0.2, -0.15) is 0 Å². The number of hydrogen-bond acceptors (Lipinski definition) is 2. The van der Waals surface area contributed by atoms with Crippen LogP contribution >= 0.6 is 0 Å². The van der Waals surface area contributed by atoms with E-state index >= 15 is 0 Å². The molecule has 0 amide bonds. The lowest BCUT2D eigenvalue weighted by Crippen LogP contribution is -2.12. The Morgan fingerprint density at radius 2 is 2.15 bits per heavy atom. The van der Waals surface area contributed by atoms with Gasteiger partial charge in [0.05, 0.1) is 6.04 Å². The Balaban J connectivity index is 2.60. The molecule has 0 aromatic carbocycles. The molecule has 0 aliphatic rings. The van der Waals surface area contributed by atoms with Crippen LogP contribution < -0.4 is 5.73 Å². The maximum atomic E-state index is 11.9. The lowest BCUT2D eigenvalue weighted by Gasteiger charge is -2.06. The second-order valence-electron chi connectivity index (χ2n) is 2.89. The fraction of sp³-hybridized carbons (Fsp3) is 0.556. The quantitative estimate of drug-likeness (QED) is 0.790. The Labute approximate surface area is 75.7 Å². The third-order valence-corrected chi connectivity index (χ3v) is 1.83. The molecule has 1 atom stereocenters. The third-order valence-electron chi connectivity index (χ3n) is 1.83. The van der Waals surface area contributed by atoms with Gasteiger partial charge >= 0.3 is 0 Å². The van der Waals surface area contributed by atoms with Crippen molar-refractivity contribution in [1.29, 1.82) is 0 Å². The molecule has 0 aliphatic heterocycles. The normalized spacial score (nSPS) is 13.6. The van der Waals surface area contributed by atoms with Crippen LogP contribution in [0.15, 0.2) is 16.5 Å². The van der Waals surface area contributed by atoms with Gasteiger partial charge in [0.25, 0.3) is 0 Å². The molecule has 1 aromatic rings. The largest absolute Gasteiger partial charge is 0.464 e. The van der Waals surface area contributed by atoms with Gasteiger partial charge in [-0.25, -0.2) is 8.78 Å². The number of rotatable bonds is 4. The van der Waals surface area contributed by atoms with E-state index < -0.39 is 12.5 Å². The molecular formula is C9H13F2NO. The van der Waals surface area contributed by atoms with Crippen molar-refractivity contribution in [3.05, 3.63) is 23.7 Å². The first kappa shape index (κ1) is 10.2. The Morgan fingerprint density at radius 3 is 2.62 bits per heavy atom. The number of halogens is 2. The van der Waals surface area contributed by atoms with E-state index in [2.05, 4.69) is 0 Å². The van der Waals surface area contributed by atoms with Gasteiger partial charge in [-0.1, -0.05) is 6.92 Å². The minimum absolute atomic E-state index is 0.351. The summed E-state index contributed by atoms with van der Waals surface area (Å²) in [6.45, 7) is 1.93. The third kappa shape index (κ3) is 2.81. The molecule has 13 heavy (non-hydrogen) atoms. The smallest absolute Gasteiger partial charge is 0.240 e. The Hall–Kier alpha value is -0.900. The van der Waals surface area contributed by atoms with Crippen LogP contribution in [0.1, 0.15) is 30.9 Å². The van der Waals surface area contributed by atoms with Gasteiger partial charge in [-0.05, 0) is 12.1 Å². The van der Waals surface area contributed by atoms with E-state index in [1.807, 2.05) is 6.92 Å². The van der Waals surface area contributed by atoms with Crippen molar-refractivity contribution in [2.45, 2.75) is 32.2 Å². The standard InChI is InChI=1S/C9H13F2NO/c1-2-6-3-4-8(13-6)7(12)5-9(10)11/h3-4,7,9H,2,5,12H2,1H3/t7-/m0/s1. The van der Waals surface area contributed by atoms with Crippen molar-refractivity contribution in [3.63, 3.8) is 0 Å². The van der Waals surface area contributed by atoms with Crippen LogP contribution in [0.5, 0.6) is 0 Å². The monoisotopic (exact) mass is 189 g/mol. The molecule has 2 nitrogen and oxygen atoms in total. The maximum Gasteiger partial charge on any atom is 0.240 e. The Bertz CT molecular complexity index is 260. The van der Waals surface area contributed by atoms with Gasteiger partial charge in [0.2, 0.25) is 6.43 Å². The first-order valence-corrected chi connectivity index (χ1v) is 4.25. The van der Waals surface area contributed by atoms with Crippen molar-refractivity contribution in [2.24, 2.45) is 5.73 Å². The fourth-order valence-corrected chi connectivity index (χ4v) is 1.09. The summed E-state index contributed by atoms with van der Waals surface area (Å²) in [4.78, 5) is 0. The molecule has 0 saturated heterocycles. The average molecular weight is 189 g/mol. The SMILES string of the molecule is CCc1ccc([C@@H](N)CC(F)F)o1. The van der Waals surface area contributed by atoms with Crippen LogP contribution in [0, 0.1) is 0 Å². The summed E-state index contributed by atoms with van der Waals surface area (Å²) < 4.78 is 29.1. The highest BCUT2D eigenvalue weighted by Gasteiger charge is 2.15. The topological polar surface area (TPSA) is 39.2 Å². The van der Waals surface area contributed by atoms with Crippen molar-refractivity contribution in [2.75, 3.05) is 0 Å². The van der Waals surface area contributed by atoms with Crippen LogP contribution in [0.4, 0.5) is 8.78 Å². The molecule has 0 fully saturated rings. The van der Waals surface area contributed by atoms with Crippen LogP contribution in [-0.2, 0) is 6.42 Å². The average Bonchev–Trinajstić information content (AvgIpc) is 2.50. The molecule has 74 valence electrons. The number of nitrogens with two attached hydrogens (primary N) is 1. The van der Waals surface area contributed by atoms with E-state index in [1.165, 1.54) is 0 Å². The van der Waals surface area contributed by atoms with Crippen LogP contribution in [0.25, 0.3) is 0 Å². The van der Waals surface area contributed by atoms with E-state index in [0.717, 1.165) is 12.2 Å². The summed E-state index contributed by atoms with van der Waals surface area (Å²) in [5.74, 6) is 1.22. The highest BCUT2D eigenvalue weighted by atomic mass is 19.3. The summed E-state index contributed by atoms with van der Waals surface area (Å²) in [5.41, 5.74) is 5.49. The summed E-state index contributed by atoms with van der Waals surface area (Å²) in [6, 6.07) is 2.73. The van der Waals surface area contributed by atoms with E-state index in [1.54, 1.807) is 12.1 Å². The Kier molecular flexibility index (Phi) is 3.42. The molecular weight excluding hydrogens is 176 g/mol. The molecule has 1 rings (SSSR count). The van der Waals surface area contributed by atoms with Gasteiger partial charge in [-0.3, -0.25) is 0 Å². The molecule has 0 radical (unpaired) electrons. The lowest BCUT2D eigenvalue weighted by atomic mass is 10.2. The Morgan fingerprint density at radius 1 is 1.46 bits per heavy atom. The molecule has 0 saturated carbocycles. The minimum Gasteiger partial charge on any atom is -0.464 e. The van der Waals surface area contributed by atoms with Crippen molar-refractivity contribution < 1.29 is 13.2 Å². The second kappa shape index (κ2) is 4.37.